The number of carbonyl (C=O) groups is 1. The molecule has 0 bridgehead atoms. The van der Waals surface area contributed by atoms with Crippen LogP contribution in [-0.2, 0) is 4.79 Å². The number of nitrogens with zero attached hydrogens (tertiary/aromatic N) is 3. The maximum absolute atomic E-state index is 11.0. The van der Waals surface area contributed by atoms with Crippen LogP contribution in [-0.4, -0.2) is 52.9 Å². The van der Waals surface area contributed by atoms with Crippen molar-refractivity contribution in [2.75, 3.05) is 26.2 Å². The van der Waals surface area contributed by atoms with E-state index >= 15 is 0 Å². The minimum atomic E-state index is 0. The van der Waals surface area contributed by atoms with Gasteiger partial charge in [0, 0.05) is 51.0 Å². The lowest BCUT2D eigenvalue weighted by Crippen LogP contribution is -2.50. The number of aryl methyl sites for hydroxylation is 2. The van der Waals surface area contributed by atoms with E-state index in [1.54, 1.807) is 6.92 Å². The first-order valence-corrected chi connectivity index (χ1v) is 12.0. The number of pyridine rings is 1. The summed E-state index contributed by atoms with van der Waals surface area (Å²) in [5.41, 5.74) is 5.16. The number of rotatable bonds is 3. The van der Waals surface area contributed by atoms with E-state index in [1.807, 2.05) is 18.0 Å². The van der Waals surface area contributed by atoms with Gasteiger partial charge in [-0.05, 0) is 56.7 Å². The molecule has 2 heterocycles. The average molecular weight is 456 g/mol. The molecule has 1 amide bonds. The largest absolute Gasteiger partial charge is 0.340 e. The molecule has 0 unspecified atom stereocenters. The smallest absolute Gasteiger partial charge is 0.219 e. The van der Waals surface area contributed by atoms with Gasteiger partial charge in [0.15, 0.2) is 0 Å². The molecular formula is C29H49N3O. The van der Waals surface area contributed by atoms with Gasteiger partial charge in [0.2, 0.25) is 5.91 Å². The van der Waals surface area contributed by atoms with E-state index in [9.17, 15) is 4.79 Å². The first-order valence-electron chi connectivity index (χ1n) is 12.0. The van der Waals surface area contributed by atoms with Gasteiger partial charge < -0.3 is 4.90 Å². The third-order valence-electron chi connectivity index (χ3n) is 5.83. The molecule has 33 heavy (non-hydrogen) atoms. The molecule has 1 aromatic heterocycles. The second-order valence-corrected chi connectivity index (χ2v) is 9.59. The van der Waals surface area contributed by atoms with Gasteiger partial charge in [0.25, 0.3) is 0 Å². The van der Waals surface area contributed by atoms with Gasteiger partial charge in [-0.3, -0.25) is 14.7 Å². The van der Waals surface area contributed by atoms with E-state index in [4.69, 9.17) is 0 Å². The normalized spacial score (nSPS) is 13.6. The molecule has 1 fully saturated rings. The lowest BCUT2D eigenvalue weighted by Gasteiger charge is -2.36. The molecular weight excluding hydrogens is 406 g/mol. The maximum atomic E-state index is 11.0. The summed E-state index contributed by atoms with van der Waals surface area (Å²) in [4.78, 5) is 19.5. The van der Waals surface area contributed by atoms with Crippen LogP contribution < -0.4 is 0 Å². The predicted molar refractivity (Wildman–Crippen MR) is 144 cm³/mol. The van der Waals surface area contributed by atoms with Crippen LogP contribution in [0, 0.1) is 13.8 Å². The van der Waals surface area contributed by atoms with Crippen molar-refractivity contribution in [2.24, 2.45) is 0 Å². The Kier molecular flexibility index (Phi) is 14.6. The highest BCUT2D eigenvalue weighted by atomic mass is 16.2. The van der Waals surface area contributed by atoms with Crippen LogP contribution in [0.3, 0.4) is 0 Å². The van der Waals surface area contributed by atoms with Crippen molar-refractivity contribution in [3.8, 4) is 0 Å². The molecule has 4 heteroatoms. The Hall–Kier alpha value is -2.20. The lowest BCUT2D eigenvalue weighted by molar-refractivity contribution is -0.130. The van der Waals surface area contributed by atoms with Gasteiger partial charge in [-0.15, -0.1) is 0 Å². The highest BCUT2D eigenvalue weighted by Gasteiger charge is 2.19. The number of carbonyl (C=O) groups excluding carboxylic acids is 1. The number of hydrogen-bond donors (Lipinski definition) is 0. The minimum absolute atomic E-state index is 0. The minimum Gasteiger partial charge on any atom is -0.340 e. The number of benzene rings is 1. The third-order valence-corrected chi connectivity index (χ3v) is 5.83. The van der Waals surface area contributed by atoms with Crippen LogP contribution in [0.4, 0.5) is 0 Å². The highest BCUT2D eigenvalue weighted by Crippen LogP contribution is 2.14. The topological polar surface area (TPSA) is 36.4 Å². The van der Waals surface area contributed by atoms with Gasteiger partial charge in [-0.1, -0.05) is 71.0 Å². The maximum Gasteiger partial charge on any atom is 0.219 e. The van der Waals surface area contributed by atoms with Gasteiger partial charge in [0.05, 0.1) is 0 Å². The molecule has 4 nitrogen and oxygen atoms in total. The lowest BCUT2D eigenvalue weighted by atomic mass is 10.0. The first-order chi connectivity index (χ1) is 15.0. The Morgan fingerprint density at radius 1 is 0.788 bits per heavy atom. The zero-order valence-corrected chi connectivity index (χ0v) is 21.9. The van der Waals surface area contributed by atoms with E-state index < -0.39 is 0 Å². The van der Waals surface area contributed by atoms with Gasteiger partial charge >= 0.3 is 0 Å². The fourth-order valence-corrected chi connectivity index (χ4v) is 3.33. The summed E-state index contributed by atoms with van der Waals surface area (Å²) in [6.07, 6.45) is 1.94. The van der Waals surface area contributed by atoms with Crippen LogP contribution >= 0.6 is 0 Å². The van der Waals surface area contributed by atoms with Crippen LogP contribution in [0.2, 0.25) is 0 Å². The van der Waals surface area contributed by atoms with Crippen LogP contribution in [0.5, 0.6) is 0 Å². The molecule has 0 aliphatic carbocycles. The summed E-state index contributed by atoms with van der Waals surface area (Å²) in [6.45, 7) is 22.8. The molecule has 0 N–H and O–H groups in total. The Labute approximate surface area is 204 Å². The molecule has 2 aromatic rings. The predicted octanol–water partition coefficient (Wildman–Crippen LogP) is 6.83. The Morgan fingerprint density at radius 3 is 1.64 bits per heavy atom. The van der Waals surface area contributed by atoms with E-state index in [0.29, 0.717) is 17.9 Å². The first kappa shape index (κ1) is 30.8. The zero-order chi connectivity index (χ0) is 24.3. The number of piperazine rings is 1. The van der Waals surface area contributed by atoms with E-state index in [0.717, 1.165) is 31.9 Å². The van der Waals surface area contributed by atoms with Crippen molar-refractivity contribution in [3.63, 3.8) is 0 Å². The van der Waals surface area contributed by atoms with Crippen LogP contribution in [0.15, 0.2) is 42.6 Å². The van der Waals surface area contributed by atoms with Crippen LogP contribution in [0.25, 0.3) is 0 Å². The molecule has 0 radical (unpaired) electrons. The molecule has 1 aromatic carbocycles. The standard InChI is InChI=1S/C10H14.C9H18N2O.C9H13N.CH4/c1-8(2)10-6-4-9(3)5-7-10;1-8(2)10-4-6-11(7-5-10)9(3)12;1-7(2)9-5-4-8(3)10-6-9;/h4-8H,1-3H3;8H,4-7H2,1-3H3;4-7H,1-3H3;1H4. The van der Waals surface area contributed by atoms with Crippen molar-refractivity contribution in [2.45, 2.75) is 87.6 Å². The van der Waals surface area contributed by atoms with Gasteiger partial charge in [-0.2, -0.15) is 0 Å². The van der Waals surface area contributed by atoms with E-state index in [-0.39, 0.29) is 13.3 Å². The fourth-order valence-electron chi connectivity index (χ4n) is 3.33. The Bertz CT molecular complexity index is 722. The number of amides is 1. The zero-order valence-electron chi connectivity index (χ0n) is 21.9. The highest BCUT2D eigenvalue weighted by molar-refractivity contribution is 5.73. The SMILES string of the molecule is C.CC(=O)N1CCN(C(C)C)CC1.Cc1ccc(C(C)C)cc1.Cc1ccc(C(C)C)cn1. The van der Waals surface area contributed by atoms with Gasteiger partial charge in [0.1, 0.15) is 0 Å². The van der Waals surface area contributed by atoms with E-state index in [2.05, 4.69) is 94.7 Å². The van der Waals surface area contributed by atoms with Crippen molar-refractivity contribution in [1.29, 1.82) is 0 Å². The fraction of sp³-hybridized carbons (Fsp3) is 0.586. The molecule has 1 aliphatic rings. The summed E-state index contributed by atoms with van der Waals surface area (Å²) in [5, 5.41) is 0. The molecule has 186 valence electrons. The average Bonchev–Trinajstić information content (AvgIpc) is 2.75. The second kappa shape index (κ2) is 15.6. The third kappa shape index (κ3) is 12.0. The van der Waals surface area contributed by atoms with Crippen molar-refractivity contribution >= 4 is 5.91 Å². The summed E-state index contributed by atoms with van der Waals surface area (Å²) in [6, 6.07) is 13.5. The Balaban J connectivity index is 0.000000461. The number of aromatic nitrogens is 1. The van der Waals surface area contributed by atoms with E-state index in [1.165, 1.54) is 16.7 Å². The quantitative estimate of drug-likeness (QED) is 0.509. The summed E-state index contributed by atoms with van der Waals surface area (Å²) < 4.78 is 0. The Morgan fingerprint density at radius 2 is 1.27 bits per heavy atom. The molecule has 1 aliphatic heterocycles. The summed E-state index contributed by atoms with van der Waals surface area (Å²) in [7, 11) is 0. The number of hydrogen-bond acceptors (Lipinski definition) is 3. The molecule has 0 saturated carbocycles. The van der Waals surface area contributed by atoms with Crippen molar-refractivity contribution in [1.82, 2.24) is 14.8 Å². The molecule has 3 rings (SSSR count). The van der Waals surface area contributed by atoms with Crippen LogP contribution in [0.1, 0.15) is 90.1 Å². The monoisotopic (exact) mass is 455 g/mol. The molecule has 1 saturated heterocycles. The molecule has 0 spiro atoms. The summed E-state index contributed by atoms with van der Waals surface area (Å²) in [5.74, 6) is 1.45. The van der Waals surface area contributed by atoms with Crippen molar-refractivity contribution < 1.29 is 4.79 Å². The second-order valence-electron chi connectivity index (χ2n) is 9.59. The van der Waals surface area contributed by atoms with Gasteiger partial charge in [-0.25, -0.2) is 0 Å². The van der Waals surface area contributed by atoms with Crippen molar-refractivity contribution in [3.05, 3.63) is 65.0 Å². The summed E-state index contributed by atoms with van der Waals surface area (Å²) >= 11 is 0. The molecule has 0 atom stereocenters.